The number of hydrogen-bond acceptors (Lipinski definition) is 3. The predicted octanol–water partition coefficient (Wildman–Crippen LogP) is 3.03. The van der Waals surface area contributed by atoms with E-state index in [0.717, 1.165) is 38.4 Å². The number of hydrogen-bond donors (Lipinski definition) is 1. The van der Waals surface area contributed by atoms with E-state index >= 15 is 0 Å². The van der Waals surface area contributed by atoms with Crippen LogP contribution in [-0.2, 0) is 11.3 Å². The number of fused-ring (bicyclic) bond motifs is 1. The Balaban J connectivity index is 1.87. The molecule has 2 N–H and O–H groups in total. The Morgan fingerprint density at radius 2 is 2.00 bits per heavy atom. The molecule has 0 spiro atoms. The topological polar surface area (TPSA) is 38.5 Å². The summed E-state index contributed by atoms with van der Waals surface area (Å²) in [5, 5.41) is 2.47. The van der Waals surface area contributed by atoms with E-state index in [2.05, 4.69) is 48.2 Å². The van der Waals surface area contributed by atoms with Crippen LogP contribution in [0.3, 0.4) is 0 Å². The van der Waals surface area contributed by atoms with Gasteiger partial charge in [0, 0.05) is 24.8 Å². The summed E-state index contributed by atoms with van der Waals surface area (Å²) in [4.78, 5) is 2.49. The fraction of sp³-hybridized carbons (Fsp3) is 0.412. The van der Waals surface area contributed by atoms with Crippen molar-refractivity contribution < 1.29 is 4.74 Å². The number of benzene rings is 2. The van der Waals surface area contributed by atoms with Gasteiger partial charge in [0.05, 0.1) is 13.2 Å². The van der Waals surface area contributed by atoms with Crippen LogP contribution in [0.15, 0.2) is 36.4 Å². The fourth-order valence-electron chi connectivity index (χ4n) is 2.93. The number of rotatable bonds is 3. The maximum absolute atomic E-state index is 6.23. The molecule has 20 heavy (non-hydrogen) atoms. The average molecular weight is 270 g/mol. The highest BCUT2D eigenvalue weighted by molar-refractivity contribution is 5.86. The van der Waals surface area contributed by atoms with E-state index in [0.29, 0.717) is 6.04 Å². The molecule has 0 aromatic heterocycles. The first-order chi connectivity index (χ1) is 9.78. The lowest BCUT2D eigenvalue weighted by Crippen LogP contribution is -2.44. The molecule has 2 aromatic carbocycles. The van der Waals surface area contributed by atoms with E-state index < -0.39 is 0 Å². The Morgan fingerprint density at radius 1 is 1.25 bits per heavy atom. The quantitative estimate of drug-likeness (QED) is 0.871. The van der Waals surface area contributed by atoms with Crippen molar-refractivity contribution in [3.05, 3.63) is 42.0 Å². The zero-order valence-corrected chi connectivity index (χ0v) is 12.0. The monoisotopic (exact) mass is 270 g/mol. The van der Waals surface area contributed by atoms with Gasteiger partial charge in [-0.25, -0.2) is 0 Å². The molecule has 0 aliphatic carbocycles. The summed E-state index contributed by atoms with van der Waals surface area (Å²) in [6, 6.07) is 13.2. The van der Waals surface area contributed by atoms with Crippen LogP contribution in [0.25, 0.3) is 10.8 Å². The summed E-state index contributed by atoms with van der Waals surface area (Å²) in [5.41, 5.74) is 8.35. The van der Waals surface area contributed by atoms with Gasteiger partial charge in [-0.05, 0) is 34.9 Å². The van der Waals surface area contributed by atoms with Gasteiger partial charge >= 0.3 is 0 Å². The van der Waals surface area contributed by atoms with Gasteiger partial charge in [-0.15, -0.1) is 0 Å². The van der Waals surface area contributed by atoms with Crippen LogP contribution in [-0.4, -0.2) is 30.7 Å². The van der Waals surface area contributed by atoms with E-state index in [-0.39, 0.29) is 0 Å². The highest BCUT2D eigenvalue weighted by Gasteiger charge is 2.22. The molecular weight excluding hydrogens is 248 g/mol. The lowest BCUT2D eigenvalue weighted by molar-refractivity contribution is -0.0126. The maximum atomic E-state index is 6.23. The van der Waals surface area contributed by atoms with Crippen molar-refractivity contribution in [3.8, 4) is 0 Å². The largest absolute Gasteiger partial charge is 0.398 e. The minimum Gasteiger partial charge on any atom is -0.398 e. The smallest absolute Gasteiger partial charge is 0.0622 e. The lowest BCUT2D eigenvalue weighted by Gasteiger charge is -2.35. The van der Waals surface area contributed by atoms with Gasteiger partial charge in [-0.1, -0.05) is 31.2 Å². The second kappa shape index (κ2) is 5.81. The van der Waals surface area contributed by atoms with Crippen molar-refractivity contribution in [3.63, 3.8) is 0 Å². The van der Waals surface area contributed by atoms with Crippen LogP contribution in [0.1, 0.15) is 18.9 Å². The molecule has 106 valence electrons. The molecule has 0 radical (unpaired) electrons. The molecule has 1 fully saturated rings. The van der Waals surface area contributed by atoms with E-state index in [1.807, 2.05) is 0 Å². The number of ether oxygens (including phenoxy) is 1. The highest BCUT2D eigenvalue weighted by Crippen LogP contribution is 2.24. The van der Waals surface area contributed by atoms with Gasteiger partial charge in [0.25, 0.3) is 0 Å². The Hall–Kier alpha value is -1.58. The van der Waals surface area contributed by atoms with Crippen molar-refractivity contribution >= 4 is 16.5 Å². The van der Waals surface area contributed by atoms with Gasteiger partial charge in [0.15, 0.2) is 0 Å². The predicted molar refractivity (Wildman–Crippen MR) is 83.7 cm³/mol. The second-order valence-corrected chi connectivity index (χ2v) is 5.51. The number of anilines is 1. The number of nitrogens with two attached hydrogens (primary N) is 1. The van der Waals surface area contributed by atoms with Crippen LogP contribution in [0.4, 0.5) is 5.69 Å². The molecular formula is C17H22N2O. The molecule has 2 aromatic rings. The number of nitrogen functional groups attached to an aromatic ring is 1. The van der Waals surface area contributed by atoms with E-state index in [1.54, 1.807) is 0 Å². The summed E-state index contributed by atoms with van der Waals surface area (Å²) in [5.74, 6) is 0. The van der Waals surface area contributed by atoms with Crippen molar-refractivity contribution in [1.29, 1.82) is 0 Å². The van der Waals surface area contributed by atoms with Crippen molar-refractivity contribution in [2.75, 3.05) is 25.5 Å². The molecule has 1 aliphatic heterocycles. The first-order valence-corrected chi connectivity index (χ1v) is 7.37. The molecule has 0 saturated carbocycles. The molecule has 0 amide bonds. The normalized spacial score (nSPS) is 20.4. The molecule has 1 atom stereocenters. The van der Waals surface area contributed by atoms with Gasteiger partial charge in [0.2, 0.25) is 0 Å². The standard InChI is InChI=1S/C17H22N2O/c1-2-16-12-20-8-7-19(16)11-15-9-13-5-3-4-6-14(13)10-17(15)18/h3-6,9-10,16H,2,7-8,11-12,18H2,1H3. The van der Waals surface area contributed by atoms with Gasteiger partial charge in [-0.2, -0.15) is 0 Å². The van der Waals surface area contributed by atoms with Crippen LogP contribution in [0.2, 0.25) is 0 Å². The highest BCUT2D eigenvalue weighted by atomic mass is 16.5. The average Bonchev–Trinajstić information content (AvgIpc) is 2.48. The molecule has 1 heterocycles. The van der Waals surface area contributed by atoms with Crippen LogP contribution < -0.4 is 5.73 Å². The summed E-state index contributed by atoms with van der Waals surface area (Å²) in [6.07, 6.45) is 1.12. The van der Waals surface area contributed by atoms with E-state index in [1.165, 1.54) is 16.3 Å². The second-order valence-electron chi connectivity index (χ2n) is 5.51. The minimum atomic E-state index is 0.509. The first-order valence-electron chi connectivity index (χ1n) is 7.37. The Kier molecular flexibility index (Phi) is 3.90. The molecule has 1 unspecified atom stereocenters. The zero-order valence-electron chi connectivity index (χ0n) is 12.0. The van der Waals surface area contributed by atoms with E-state index in [4.69, 9.17) is 10.5 Å². The minimum absolute atomic E-state index is 0.509. The molecule has 0 bridgehead atoms. The first kappa shape index (κ1) is 13.4. The number of morpholine rings is 1. The third-order valence-corrected chi connectivity index (χ3v) is 4.20. The van der Waals surface area contributed by atoms with Gasteiger partial charge in [-0.3, -0.25) is 4.90 Å². The maximum Gasteiger partial charge on any atom is 0.0622 e. The Labute approximate surface area is 120 Å². The molecule has 3 heteroatoms. The van der Waals surface area contributed by atoms with Crippen LogP contribution in [0.5, 0.6) is 0 Å². The third-order valence-electron chi connectivity index (χ3n) is 4.20. The van der Waals surface area contributed by atoms with E-state index in [9.17, 15) is 0 Å². The summed E-state index contributed by atoms with van der Waals surface area (Å²) in [7, 11) is 0. The summed E-state index contributed by atoms with van der Waals surface area (Å²) in [6.45, 7) is 5.79. The van der Waals surface area contributed by atoms with Gasteiger partial charge < -0.3 is 10.5 Å². The van der Waals surface area contributed by atoms with Crippen LogP contribution in [0, 0.1) is 0 Å². The third kappa shape index (κ3) is 2.65. The van der Waals surface area contributed by atoms with Crippen LogP contribution >= 0.6 is 0 Å². The zero-order chi connectivity index (χ0) is 13.9. The number of nitrogens with zero attached hydrogens (tertiary/aromatic N) is 1. The van der Waals surface area contributed by atoms with Crippen molar-refractivity contribution in [2.24, 2.45) is 0 Å². The molecule has 1 saturated heterocycles. The lowest BCUT2D eigenvalue weighted by atomic mass is 10.0. The molecule has 3 rings (SSSR count). The summed E-state index contributed by atoms with van der Waals surface area (Å²) < 4.78 is 5.57. The summed E-state index contributed by atoms with van der Waals surface area (Å²) >= 11 is 0. The molecule has 1 aliphatic rings. The Bertz CT molecular complexity index is 597. The molecule has 3 nitrogen and oxygen atoms in total. The van der Waals surface area contributed by atoms with Crippen molar-refractivity contribution in [1.82, 2.24) is 4.90 Å². The Morgan fingerprint density at radius 3 is 2.75 bits per heavy atom. The van der Waals surface area contributed by atoms with Gasteiger partial charge in [0.1, 0.15) is 0 Å². The fourth-order valence-corrected chi connectivity index (χ4v) is 2.93. The van der Waals surface area contributed by atoms with Crippen molar-refractivity contribution in [2.45, 2.75) is 25.9 Å². The SMILES string of the molecule is CCC1COCCN1Cc1cc2ccccc2cc1N.